The fourth-order valence-electron chi connectivity index (χ4n) is 3.20. The van der Waals surface area contributed by atoms with E-state index in [1.165, 1.54) is 57.8 Å². The molecule has 0 N–H and O–H groups in total. The van der Waals surface area contributed by atoms with Crippen molar-refractivity contribution in [3.8, 4) is 0 Å². The van der Waals surface area contributed by atoms with Crippen LogP contribution in [0.2, 0.25) is 0 Å². The molecule has 0 radical (unpaired) electrons. The normalized spacial score (nSPS) is 26.7. The molecule has 0 unspecified atom stereocenters. The highest BCUT2D eigenvalue weighted by atomic mass is 14.4. The van der Waals surface area contributed by atoms with E-state index in [4.69, 9.17) is 0 Å². The van der Waals surface area contributed by atoms with E-state index in [2.05, 4.69) is 36.5 Å². The summed E-state index contributed by atoms with van der Waals surface area (Å²) in [6.45, 7) is 0. The monoisotopic (exact) mass is 240 g/mol. The third kappa shape index (κ3) is 2.85. The summed E-state index contributed by atoms with van der Waals surface area (Å²) in [6, 6.07) is 0. The van der Waals surface area contributed by atoms with Gasteiger partial charge in [-0.15, -0.1) is 0 Å². The Bertz CT molecular complexity index is 389. The van der Waals surface area contributed by atoms with E-state index < -0.39 is 0 Å². The van der Waals surface area contributed by atoms with Crippen molar-refractivity contribution in [2.24, 2.45) is 5.41 Å². The van der Waals surface area contributed by atoms with Gasteiger partial charge < -0.3 is 0 Å². The summed E-state index contributed by atoms with van der Waals surface area (Å²) in [5.41, 5.74) is 3.90. The Morgan fingerprint density at radius 3 is 1.83 bits per heavy atom. The summed E-state index contributed by atoms with van der Waals surface area (Å²) in [5.74, 6) is 0. The second-order valence-corrected chi connectivity index (χ2v) is 6.09. The van der Waals surface area contributed by atoms with Gasteiger partial charge in [0.05, 0.1) is 0 Å². The molecule has 0 aromatic rings. The van der Waals surface area contributed by atoms with E-state index in [1.807, 2.05) is 0 Å². The molecular weight excluding hydrogens is 216 g/mol. The Labute approximate surface area is 111 Å². The van der Waals surface area contributed by atoms with E-state index >= 15 is 0 Å². The van der Waals surface area contributed by atoms with Crippen LogP contribution in [0.4, 0.5) is 0 Å². The van der Waals surface area contributed by atoms with Crippen LogP contribution in [0.15, 0.2) is 47.6 Å². The van der Waals surface area contributed by atoms with Gasteiger partial charge in [-0.2, -0.15) is 0 Å². The first-order chi connectivity index (χ1) is 8.88. The van der Waals surface area contributed by atoms with Gasteiger partial charge in [-0.1, -0.05) is 36.5 Å². The Morgan fingerprint density at radius 1 is 0.722 bits per heavy atom. The summed E-state index contributed by atoms with van der Waals surface area (Å²) in [6.07, 6.45) is 26.2. The standard InChI is InChI=1S/C10H12.C8H12/c1-2-6-10-8-4-3-7-9(10)5-1;1-2-4-8(5-3-1)6-7-8/h1,4-5,8H,2-3,6-7H2;2,4H,1,3,5-7H2. The third-order valence-electron chi connectivity index (χ3n) is 4.62. The average molecular weight is 240 g/mol. The summed E-state index contributed by atoms with van der Waals surface area (Å²) in [5, 5.41) is 0. The Kier molecular flexibility index (Phi) is 3.54. The quantitative estimate of drug-likeness (QED) is 0.491. The molecule has 0 aromatic carbocycles. The largest absolute Gasteiger partial charge is 0.0880 e. The van der Waals surface area contributed by atoms with E-state index in [0.717, 1.165) is 5.41 Å². The Morgan fingerprint density at radius 2 is 1.39 bits per heavy atom. The molecule has 1 spiro atoms. The van der Waals surface area contributed by atoms with E-state index in [0.29, 0.717) is 0 Å². The zero-order valence-corrected chi connectivity index (χ0v) is 11.3. The lowest BCUT2D eigenvalue weighted by Gasteiger charge is -2.15. The van der Waals surface area contributed by atoms with Crippen molar-refractivity contribution in [3.05, 3.63) is 47.6 Å². The van der Waals surface area contributed by atoms with Crippen LogP contribution in [0.3, 0.4) is 0 Å². The zero-order chi connectivity index (χ0) is 12.3. The molecule has 1 saturated carbocycles. The topological polar surface area (TPSA) is 0 Å². The zero-order valence-electron chi connectivity index (χ0n) is 11.3. The predicted octanol–water partition coefficient (Wildman–Crippen LogP) is 5.49. The van der Waals surface area contributed by atoms with Crippen LogP contribution in [-0.4, -0.2) is 0 Å². The lowest BCUT2D eigenvalue weighted by atomic mass is 9.91. The Hall–Kier alpha value is -1.04. The molecule has 1 fully saturated rings. The second kappa shape index (κ2) is 5.30. The van der Waals surface area contributed by atoms with Gasteiger partial charge >= 0.3 is 0 Å². The first-order valence-electron chi connectivity index (χ1n) is 7.61. The van der Waals surface area contributed by atoms with Crippen LogP contribution in [0.5, 0.6) is 0 Å². The van der Waals surface area contributed by atoms with Crippen LogP contribution in [0.1, 0.15) is 57.8 Å². The Balaban J connectivity index is 0.000000114. The SMILES string of the molecule is C1=CC2(CCC1)CC2.C1=CC2=C(C=CCC2)CC1. The third-order valence-corrected chi connectivity index (χ3v) is 4.62. The molecule has 0 aliphatic heterocycles. The summed E-state index contributed by atoms with van der Waals surface area (Å²) in [7, 11) is 0. The van der Waals surface area contributed by atoms with Crippen LogP contribution in [0, 0.1) is 5.41 Å². The average Bonchev–Trinajstić information content (AvgIpc) is 3.20. The van der Waals surface area contributed by atoms with Crippen LogP contribution < -0.4 is 0 Å². The molecule has 18 heavy (non-hydrogen) atoms. The van der Waals surface area contributed by atoms with Gasteiger partial charge in [0.25, 0.3) is 0 Å². The van der Waals surface area contributed by atoms with Crippen molar-refractivity contribution in [2.75, 3.05) is 0 Å². The van der Waals surface area contributed by atoms with Crippen molar-refractivity contribution < 1.29 is 0 Å². The highest BCUT2D eigenvalue weighted by Gasteiger charge is 2.39. The molecule has 96 valence electrons. The smallest absolute Gasteiger partial charge is 0.0117 e. The second-order valence-electron chi connectivity index (χ2n) is 6.09. The minimum absolute atomic E-state index is 0.748. The fourth-order valence-corrected chi connectivity index (χ4v) is 3.20. The molecule has 4 rings (SSSR count). The minimum atomic E-state index is 0.748. The molecule has 0 heterocycles. The van der Waals surface area contributed by atoms with E-state index in [-0.39, 0.29) is 0 Å². The highest BCUT2D eigenvalue weighted by molar-refractivity contribution is 5.38. The summed E-state index contributed by atoms with van der Waals surface area (Å²) < 4.78 is 0. The number of rotatable bonds is 0. The fraction of sp³-hybridized carbons (Fsp3) is 0.556. The number of hydrogen-bond donors (Lipinski definition) is 0. The van der Waals surface area contributed by atoms with Gasteiger partial charge in [-0.3, -0.25) is 0 Å². The van der Waals surface area contributed by atoms with Crippen LogP contribution in [-0.2, 0) is 0 Å². The van der Waals surface area contributed by atoms with E-state index in [1.54, 1.807) is 11.1 Å². The van der Waals surface area contributed by atoms with Crippen LogP contribution in [0.25, 0.3) is 0 Å². The first kappa shape index (κ1) is 12.0. The van der Waals surface area contributed by atoms with Crippen molar-refractivity contribution >= 4 is 0 Å². The maximum atomic E-state index is 2.44. The van der Waals surface area contributed by atoms with Gasteiger partial charge in [-0.25, -0.2) is 0 Å². The first-order valence-corrected chi connectivity index (χ1v) is 7.61. The maximum Gasteiger partial charge on any atom is -0.0117 e. The molecule has 0 amide bonds. The lowest BCUT2D eigenvalue weighted by molar-refractivity contribution is 0.530. The minimum Gasteiger partial charge on any atom is -0.0880 e. The van der Waals surface area contributed by atoms with Gasteiger partial charge in [0.1, 0.15) is 0 Å². The lowest BCUT2D eigenvalue weighted by Crippen LogP contribution is -1.98. The number of allylic oxidation sites excluding steroid dienone is 8. The molecule has 0 atom stereocenters. The highest BCUT2D eigenvalue weighted by Crippen LogP contribution is 2.52. The molecule has 0 bridgehead atoms. The molecule has 0 nitrogen and oxygen atoms in total. The molecule has 4 aliphatic rings. The summed E-state index contributed by atoms with van der Waals surface area (Å²) >= 11 is 0. The van der Waals surface area contributed by atoms with Crippen molar-refractivity contribution in [1.29, 1.82) is 0 Å². The number of hydrogen-bond acceptors (Lipinski definition) is 0. The molecule has 4 aliphatic carbocycles. The van der Waals surface area contributed by atoms with Crippen molar-refractivity contribution in [1.82, 2.24) is 0 Å². The van der Waals surface area contributed by atoms with Gasteiger partial charge in [0.2, 0.25) is 0 Å². The molecule has 0 saturated heterocycles. The molecule has 0 heteroatoms. The van der Waals surface area contributed by atoms with Gasteiger partial charge in [0, 0.05) is 0 Å². The predicted molar refractivity (Wildman–Crippen MR) is 78.4 cm³/mol. The van der Waals surface area contributed by atoms with Gasteiger partial charge in [-0.05, 0) is 74.3 Å². The molecule has 0 aromatic heterocycles. The molecular formula is C18H24. The van der Waals surface area contributed by atoms with Crippen LogP contribution >= 0.6 is 0 Å². The summed E-state index contributed by atoms with van der Waals surface area (Å²) in [4.78, 5) is 0. The van der Waals surface area contributed by atoms with Crippen molar-refractivity contribution in [2.45, 2.75) is 57.8 Å². The van der Waals surface area contributed by atoms with Gasteiger partial charge in [0.15, 0.2) is 0 Å². The van der Waals surface area contributed by atoms with E-state index in [9.17, 15) is 0 Å². The van der Waals surface area contributed by atoms with Crippen molar-refractivity contribution in [3.63, 3.8) is 0 Å². The maximum absolute atomic E-state index is 2.44.